The van der Waals surface area contributed by atoms with E-state index in [9.17, 15) is 4.79 Å². The zero-order valence-electron chi connectivity index (χ0n) is 19.3. The predicted molar refractivity (Wildman–Crippen MR) is 137 cm³/mol. The molecule has 4 aromatic heterocycles. The highest BCUT2D eigenvalue weighted by Crippen LogP contribution is 2.33. The molecule has 0 unspecified atom stereocenters. The molecule has 0 spiro atoms. The Morgan fingerprint density at radius 3 is 2.77 bits per heavy atom. The van der Waals surface area contributed by atoms with E-state index in [-0.39, 0.29) is 5.91 Å². The zero-order valence-corrected chi connectivity index (χ0v) is 19.3. The molecule has 0 saturated carbocycles. The van der Waals surface area contributed by atoms with Crippen molar-refractivity contribution in [2.45, 2.75) is 20.3 Å². The molecular weight excluding hydrogens is 438 g/mol. The second-order valence-electron chi connectivity index (χ2n) is 8.54. The molecule has 6 aromatic rings. The number of hydrogen-bond donors (Lipinski definition) is 3. The van der Waals surface area contributed by atoms with Crippen LogP contribution >= 0.6 is 0 Å². The second kappa shape index (κ2) is 8.25. The van der Waals surface area contributed by atoms with E-state index >= 15 is 0 Å². The van der Waals surface area contributed by atoms with Crippen molar-refractivity contribution in [2.24, 2.45) is 0 Å². The normalized spacial score (nSPS) is 11.4. The van der Waals surface area contributed by atoms with Crippen molar-refractivity contribution < 1.29 is 4.79 Å². The van der Waals surface area contributed by atoms with Crippen molar-refractivity contribution in [1.82, 2.24) is 29.7 Å². The van der Waals surface area contributed by atoms with Crippen LogP contribution in [0.15, 0.2) is 73.4 Å². The van der Waals surface area contributed by atoms with Crippen LogP contribution in [0, 0.1) is 6.92 Å². The van der Waals surface area contributed by atoms with Gasteiger partial charge in [0.25, 0.3) is 0 Å². The third-order valence-electron chi connectivity index (χ3n) is 6.13. The van der Waals surface area contributed by atoms with Crippen LogP contribution in [0.5, 0.6) is 0 Å². The number of fused-ring (bicyclic) bond motifs is 2. The van der Waals surface area contributed by atoms with E-state index < -0.39 is 0 Å². The number of rotatable bonds is 5. The van der Waals surface area contributed by atoms with Crippen molar-refractivity contribution >= 4 is 33.4 Å². The molecule has 0 atom stereocenters. The standard InChI is InChI=1S/C27H23N7O/c1-3-26(35)30-19-9-18(12-28-13-19)17-7-8-23-21(10-17)27(33-32-23)24-11-20-22(31-24)5-4-6-25(20)34-14-16(2)29-15-34/h4-15,31H,3H2,1-2H3,(H,30,35)(H,32,33). The van der Waals surface area contributed by atoms with E-state index in [2.05, 4.69) is 54.7 Å². The summed E-state index contributed by atoms with van der Waals surface area (Å²) in [6.45, 7) is 3.81. The fourth-order valence-corrected chi connectivity index (χ4v) is 4.36. The number of nitrogens with zero attached hydrogens (tertiary/aromatic N) is 4. The van der Waals surface area contributed by atoms with Gasteiger partial charge >= 0.3 is 0 Å². The number of H-pyrrole nitrogens is 2. The van der Waals surface area contributed by atoms with Crippen LogP contribution in [0.3, 0.4) is 0 Å². The molecule has 1 amide bonds. The minimum atomic E-state index is -0.0412. The van der Waals surface area contributed by atoms with Crippen LogP contribution in [-0.2, 0) is 4.79 Å². The number of carbonyl (C=O) groups is 1. The Morgan fingerprint density at radius 1 is 1.03 bits per heavy atom. The first-order valence-corrected chi connectivity index (χ1v) is 11.5. The van der Waals surface area contributed by atoms with Gasteiger partial charge in [-0.2, -0.15) is 5.10 Å². The molecule has 172 valence electrons. The van der Waals surface area contributed by atoms with Crippen LogP contribution in [-0.4, -0.2) is 35.6 Å². The fraction of sp³-hybridized carbons (Fsp3) is 0.111. The molecule has 0 bridgehead atoms. The van der Waals surface area contributed by atoms with Gasteiger partial charge in [-0.3, -0.25) is 14.9 Å². The molecule has 0 aliphatic heterocycles. The Kier molecular flexibility index (Phi) is 4.92. The van der Waals surface area contributed by atoms with Crippen molar-refractivity contribution in [2.75, 3.05) is 5.32 Å². The summed E-state index contributed by atoms with van der Waals surface area (Å²) in [5.74, 6) is -0.0412. The molecule has 0 aliphatic carbocycles. The molecule has 8 heteroatoms. The third-order valence-corrected chi connectivity index (χ3v) is 6.13. The average molecular weight is 462 g/mol. The quantitative estimate of drug-likeness (QED) is 0.310. The van der Waals surface area contributed by atoms with Crippen LogP contribution in [0.4, 0.5) is 5.69 Å². The zero-order chi connectivity index (χ0) is 23.9. The lowest BCUT2D eigenvalue weighted by molar-refractivity contribution is -0.115. The van der Waals surface area contributed by atoms with Crippen LogP contribution in [0.2, 0.25) is 0 Å². The molecule has 0 fully saturated rings. The lowest BCUT2D eigenvalue weighted by Crippen LogP contribution is -2.09. The van der Waals surface area contributed by atoms with Crippen LogP contribution in [0.25, 0.3) is 50.0 Å². The van der Waals surface area contributed by atoms with Crippen LogP contribution in [0.1, 0.15) is 19.0 Å². The first-order valence-electron chi connectivity index (χ1n) is 11.5. The first-order chi connectivity index (χ1) is 17.1. The van der Waals surface area contributed by atoms with E-state index in [1.165, 1.54) is 0 Å². The predicted octanol–water partition coefficient (Wildman–Crippen LogP) is 5.62. The summed E-state index contributed by atoms with van der Waals surface area (Å²) in [6.07, 6.45) is 7.72. The molecule has 35 heavy (non-hydrogen) atoms. The van der Waals surface area contributed by atoms with Gasteiger partial charge in [-0.15, -0.1) is 0 Å². The summed E-state index contributed by atoms with van der Waals surface area (Å²) >= 11 is 0. The maximum absolute atomic E-state index is 11.8. The van der Waals surface area contributed by atoms with Crippen molar-refractivity contribution in [1.29, 1.82) is 0 Å². The van der Waals surface area contributed by atoms with E-state index in [1.807, 2.05) is 55.2 Å². The minimum Gasteiger partial charge on any atom is -0.353 e. The van der Waals surface area contributed by atoms with Gasteiger partial charge in [-0.05, 0) is 48.9 Å². The first kappa shape index (κ1) is 20.9. The van der Waals surface area contributed by atoms with E-state index in [1.54, 1.807) is 12.4 Å². The lowest BCUT2D eigenvalue weighted by atomic mass is 10.0. The number of amides is 1. The second-order valence-corrected chi connectivity index (χ2v) is 8.54. The SMILES string of the molecule is CCC(=O)Nc1cncc(-c2ccc3[nH]nc(-c4cc5c(-n6cnc(C)c6)cccc5[nH]4)c3c2)c1. The maximum Gasteiger partial charge on any atom is 0.224 e. The Hall–Kier alpha value is -4.72. The number of carbonyl (C=O) groups excluding carboxylic acids is 1. The van der Waals surface area contributed by atoms with Gasteiger partial charge < -0.3 is 14.9 Å². The molecule has 3 N–H and O–H groups in total. The van der Waals surface area contributed by atoms with Gasteiger partial charge in [0.2, 0.25) is 5.91 Å². The Bertz CT molecular complexity index is 1710. The average Bonchev–Trinajstić information content (AvgIpc) is 3.61. The Labute approximate surface area is 201 Å². The van der Waals surface area contributed by atoms with Gasteiger partial charge in [-0.1, -0.05) is 19.1 Å². The summed E-state index contributed by atoms with van der Waals surface area (Å²) in [4.78, 5) is 24.0. The van der Waals surface area contributed by atoms with E-state index in [0.717, 1.165) is 55.7 Å². The molecular formula is C27H23N7O. The number of anilines is 1. The highest BCUT2D eigenvalue weighted by Gasteiger charge is 2.15. The maximum atomic E-state index is 11.8. The number of aromatic amines is 2. The largest absolute Gasteiger partial charge is 0.353 e. The molecule has 8 nitrogen and oxygen atoms in total. The minimum absolute atomic E-state index is 0.0412. The van der Waals surface area contributed by atoms with Gasteiger partial charge in [0.15, 0.2) is 0 Å². The Balaban J connectivity index is 1.43. The van der Waals surface area contributed by atoms with Crippen molar-refractivity contribution in [3.8, 4) is 28.2 Å². The number of benzene rings is 2. The Morgan fingerprint density at radius 2 is 1.94 bits per heavy atom. The molecule has 6 rings (SSSR count). The fourth-order valence-electron chi connectivity index (χ4n) is 4.36. The smallest absolute Gasteiger partial charge is 0.224 e. The third kappa shape index (κ3) is 3.74. The number of pyridine rings is 1. The highest BCUT2D eigenvalue weighted by atomic mass is 16.1. The number of imidazole rings is 1. The molecule has 0 radical (unpaired) electrons. The van der Waals surface area contributed by atoms with Gasteiger partial charge in [0.1, 0.15) is 5.69 Å². The van der Waals surface area contributed by atoms with Crippen molar-refractivity contribution in [3.05, 3.63) is 79.1 Å². The lowest BCUT2D eigenvalue weighted by Gasteiger charge is -2.06. The number of aromatic nitrogens is 6. The summed E-state index contributed by atoms with van der Waals surface area (Å²) in [6, 6.07) is 16.4. The van der Waals surface area contributed by atoms with Gasteiger partial charge in [-0.25, -0.2) is 4.98 Å². The van der Waals surface area contributed by atoms with E-state index in [0.29, 0.717) is 12.1 Å². The summed E-state index contributed by atoms with van der Waals surface area (Å²) in [7, 11) is 0. The monoisotopic (exact) mass is 461 g/mol. The van der Waals surface area contributed by atoms with Gasteiger partial charge in [0.05, 0.1) is 40.8 Å². The number of aryl methyl sites for hydroxylation is 1. The summed E-state index contributed by atoms with van der Waals surface area (Å²) in [5, 5.41) is 12.7. The van der Waals surface area contributed by atoms with Crippen molar-refractivity contribution in [3.63, 3.8) is 0 Å². The summed E-state index contributed by atoms with van der Waals surface area (Å²) in [5.41, 5.74) is 8.35. The molecule has 0 saturated heterocycles. The summed E-state index contributed by atoms with van der Waals surface area (Å²) < 4.78 is 2.04. The topological polar surface area (TPSA) is 104 Å². The molecule has 0 aliphatic rings. The highest BCUT2D eigenvalue weighted by molar-refractivity contribution is 5.99. The molecule has 2 aromatic carbocycles. The van der Waals surface area contributed by atoms with E-state index in [4.69, 9.17) is 0 Å². The van der Waals surface area contributed by atoms with Gasteiger partial charge in [0, 0.05) is 40.7 Å². The number of hydrogen-bond acceptors (Lipinski definition) is 4. The van der Waals surface area contributed by atoms with Crippen LogP contribution < -0.4 is 5.32 Å². The number of nitrogens with one attached hydrogen (secondary N) is 3. The molecule has 4 heterocycles.